The number of thiophene rings is 1. The first-order valence-electron chi connectivity index (χ1n) is 5.94. The molecule has 0 saturated heterocycles. The molecule has 5 heteroatoms. The van der Waals surface area contributed by atoms with Gasteiger partial charge in [-0.1, -0.05) is 43.1 Å². The Balaban J connectivity index is 2.31. The summed E-state index contributed by atoms with van der Waals surface area (Å²) in [4.78, 5) is 1.30. The number of hydrogen-bond acceptors (Lipinski definition) is 2. The molecule has 0 aliphatic rings. The van der Waals surface area contributed by atoms with Gasteiger partial charge in [-0.15, -0.1) is 11.3 Å². The van der Waals surface area contributed by atoms with Gasteiger partial charge in [0.25, 0.3) is 0 Å². The van der Waals surface area contributed by atoms with Gasteiger partial charge in [0.1, 0.15) is 0 Å². The predicted molar refractivity (Wildman–Crippen MR) is 89.7 cm³/mol. The van der Waals surface area contributed by atoms with Crippen LogP contribution in [0.1, 0.15) is 24.8 Å². The lowest BCUT2D eigenvalue weighted by Crippen LogP contribution is -2.15. The summed E-state index contributed by atoms with van der Waals surface area (Å²) >= 11 is 17.6. The van der Waals surface area contributed by atoms with E-state index in [0.717, 1.165) is 10.2 Å². The molecule has 0 spiro atoms. The van der Waals surface area contributed by atoms with Crippen LogP contribution in [0.5, 0.6) is 0 Å². The third-order valence-corrected chi connectivity index (χ3v) is 5.59. The highest BCUT2D eigenvalue weighted by Crippen LogP contribution is 2.38. The van der Waals surface area contributed by atoms with Gasteiger partial charge in [0.2, 0.25) is 0 Å². The zero-order valence-corrected chi connectivity index (χ0v) is 14.5. The number of hydrogen-bond donors (Lipinski definition) is 1. The van der Waals surface area contributed by atoms with Gasteiger partial charge in [-0.3, -0.25) is 0 Å². The largest absolute Gasteiger partial charge is 0.376 e. The first-order valence-corrected chi connectivity index (χ1v) is 8.37. The topological polar surface area (TPSA) is 12.0 Å². The normalized spacial score (nSPS) is 12.7. The maximum atomic E-state index is 6.29. The lowest BCUT2D eigenvalue weighted by Gasteiger charge is -2.23. The van der Waals surface area contributed by atoms with E-state index >= 15 is 0 Å². The minimum absolute atomic E-state index is 0.231. The van der Waals surface area contributed by atoms with Crippen LogP contribution in [0, 0.1) is 5.92 Å². The van der Waals surface area contributed by atoms with Crippen molar-refractivity contribution in [3.8, 4) is 0 Å². The Morgan fingerprint density at radius 1 is 1.16 bits per heavy atom. The molecule has 0 saturated carbocycles. The van der Waals surface area contributed by atoms with Crippen molar-refractivity contribution in [1.82, 2.24) is 0 Å². The Kier molecular flexibility index (Phi) is 5.18. The quantitative estimate of drug-likeness (QED) is 0.589. The SMILES string of the molecule is CC(C)C(Nc1ccc(Br)c(Cl)c1Cl)c1cccs1. The maximum Gasteiger partial charge on any atom is 0.0835 e. The van der Waals surface area contributed by atoms with Gasteiger partial charge in [-0.25, -0.2) is 0 Å². The molecule has 102 valence electrons. The second-order valence-electron chi connectivity index (χ2n) is 4.60. The minimum Gasteiger partial charge on any atom is -0.376 e. The second kappa shape index (κ2) is 6.49. The summed E-state index contributed by atoms with van der Waals surface area (Å²) in [6.45, 7) is 4.37. The van der Waals surface area contributed by atoms with Crippen molar-refractivity contribution < 1.29 is 0 Å². The van der Waals surface area contributed by atoms with Gasteiger partial charge in [-0.2, -0.15) is 0 Å². The molecule has 0 aliphatic carbocycles. The number of anilines is 1. The van der Waals surface area contributed by atoms with E-state index in [1.165, 1.54) is 4.88 Å². The fourth-order valence-corrected chi connectivity index (χ4v) is 3.62. The molecule has 0 radical (unpaired) electrons. The van der Waals surface area contributed by atoms with E-state index in [1.54, 1.807) is 11.3 Å². The van der Waals surface area contributed by atoms with Gasteiger partial charge in [-0.05, 0) is 45.4 Å². The van der Waals surface area contributed by atoms with E-state index in [1.807, 2.05) is 12.1 Å². The Morgan fingerprint density at radius 3 is 2.47 bits per heavy atom. The van der Waals surface area contributed by atoms with Crippen molar-refractivity contribution in [1.29, 1.82) is 0 Å². The van der Waals surface area contributed by atoms with E-state index in [9.17, 15) is 0 Å². The second-order valence-corrected chi connectivity index (χ2v) is 7.19. The first-order chi connectivity index (χ1) is 9.00. The fourth-order valence-electron chi connectivity index (χ4n) is 1.84. The molecule has 1 atom stereocenters. The smallest absolute Gasteiger partial charge is 0.0835 e. The van der Waals surface area contributed by atoms with Crippen LogP contribution < -0.4 is 5.32 Å². The number of halogens is 3. The zero-order chi connectivity index (χ0) is 14.0. The standard InChI is InChI=1S/C14H14BrCl2NS/c1-8(2)14(11-4-3-7-19-11)18-10-6-5-9(15)12(16)13(10)17/h3-8,14,18H,1-2H3. The molecule has 1 nitrogen and oxygen atoms in total. The van der Waals surface area contributed by atoms with Crippen molar-refractivity contribution >= 4 is 56.2 Å². The molecular formula is C14H14BrCl2NS. The molecule has 1 heterocycles. The third kappa shape index (κ3) is 3.46. The number of rotatable bonds is 4. The number of nitrogens with one attached hydrogen (secondary N) is 1. The van der Waals surface area contributed by atoms with Crippen LogP contribution in [0.15, 0.2) is 34.1 Å². The predicted octanol–water partition coefficient (Wildman–Crippen LogP) is 6.63. The summed E-state index contributed by atoms with van der Waals surface area (Å²) in [5, 5.41) is 6.67. The molecule has 1 aromatic heterocycles. The van der Waals surface area contributed by atoms with Gasteiger partial charge in [0, 0.05) is 9.35 Å². The van der Waals surface area contributed by atoms with Crippen LogP contribution in [0.25, 0.3) is 0 Å². The van der Waals surface area contributed by atoms with E-state index in [4.69, 9.17) is 23.2 Å². The summed E-state index contributed by atoms with van der Waals surface area (Å²) in [6.07, 6.45) is 0. The Bertz CT molecular complexity index is 555. The molecule has 0 aliphatic heterocycles. The van der Waals surface area contributed by atoms with Gasteiger partial charge < -0.3 is 5.32 Å². The summed E-state index contributed by atoms with van der Waals surface area (Å²) < 4.78 is 0.807. The molecule has 1 aromatic carbocycles. The highest BCUT2D eigenvalue weighted by Gasteiger charge is 2.19. The molecule has 1 unspecified atom stereocenters. The average Bonchev–Trinajstić information content (AvgIpc) is 2.88. The maximum absolute atomic E-state index is 6.29. The van der Waals surface area contributed by atoms with Crippen LogP contribution in [0.4, 0.5) is 5.69 Å². The molecule has 19 heavy (non-hydrogen) atoms. The van der Waals surface area contributed by atoms with Crippen LogP contribution in [0.3, 0.4) is 0 Å². The van der Waals surface area contributed by atoms with E-state index < -0.39 is 0 Å². The lowest BCUT2D eigenvalue weighted by molar-refractivity contribution is 0.554. The van der Waals surface area contributed by atoms with E-state index in [2.05, 4.69) is 52.6 Å². The van der Waals surface area contributed by atoms with Crippen molar-refractivity contribution in [2.24, 2.45) is 5.92 Å². The molecule has 0 amide bonds. The van der Waals surface area contributed by atoms with Crippen LogP contribution >= 0.6 is 50.5 Å². The van der Waals surface area contributed by atoms with Crippen molar-refractivity contribution in [3.05, 3.63) is 49.0 Å². The highest BCUT2D eigenvalue weighted by atomic mass is 79.9. The van der Waals surface area contributed by atoms with Crippen molar-refractivity contribution in [2.45, 2.75) is 19.9 Å². The third-order valence-electron chi connectivity index (χ3n) is 2.86. The summed E-state index contributed by atoms with van der Waals surface area (Å²) in [5.74, 6) is 0.456. The van der Waals surface area contributed by atoms with Crippen LogP contribution in [0.2, 0.25) is 10.0 Å². The molecule has 0 bridgehead atoms. The van der Waals surface area contributed by atoms with E-state index in [0.29, 0.717) is 16.0 Å². The van der Waals surface area contributed by atoms with Gasteiger partial charge >= 0.3 is 0 Å². The molecule has 2 rings (SSSR count). The average molecular weight is 379 g/mol. The summed E-state index contributed by atoms with van der Waals surface area (Å²) in [6, 6.07) is 8.28. The Hall–Kier alpha value is -0.220. The molecule has 2 aromatic rings. The Labute approximate surface area is 136 Å². The molecule has 0 fully saturated rings. The lowest BCUT2D eigenvalue weighted by atomic mass is 10.0. The highest BCUT2D eigenvalue weighted by molar-refractivity contribution is 9.10. The number of benzene rings is 1. The van der Waals surface area contributed by atoms with Crippen LogP contribution in [-0.4, -0.2) is 0 Å². The molecular weight excluding hydrogens is 365 g/mol. The van der Waals surface area contributed by atoms with Gasteiger partial charge in [0.05, 0.1) is 21.8 Å². The summed E-state index contributed by atoms with van der Waals surface area (Å²) in [5.41, 5.74) is 0.863. The van der Waals surface area contributed by atoms with E-state index in [-0.39, 0.29) is 6.04 Å². The van der Waals surface area contributed by atoms with Gasteiger partial charge in [0.15, 0.2) is 0 Å². The summed E-state index contributed by atoms with van der Waals surface area (Å²) in [7, 11) is 0. The minimum atomic E-state index is 0.231. The van der Waals surface area contributed by atoms with Crippen molar-refractivity contribution in [3.63, 3.8) is 0 Å². The van der Waals surface area contributed by atoms with Crippen LogP contribution in [-0.2, 0) is 0 Å². The van der Waals surface area contributed by atoms with Crippen molar-refractivity contribution in [2.75, 3.05) is 5.32 Å². The monoisotopic (exact) mass is 377 g/mol. The first kappa shape index (κ1) is 15.2. The Morgan fingerprint density at radius 2 is 1.89 bits per heavy atom. The fraction of sp³-hybridized carbons (Fsp3) is 0.286. The zero-order valence-electron chi connectivity index (χ0n) is 10.6. The molecule has 1 N–H and O–H groups in total.